The Bertz CT molecular complexity index is 143. The van der Waals surface area contributed by atoms with Crippen LogP contribution in [0.15, 0.2) is 4.36 Å². The molecule has 0 aromatic heterocycles. The summed E-state index contributed by atoms with van der Waals surface area (Å²) in [7, 11) is -2.27. The Kier molecular flexibility index (Phi) is 9.26. The van der Waals surface area contributed by atoms with Crippen LogP contribution in [0.3, 0.4) is 0 Å². The minimum absolute atomic E-state index is 0. The quantitative estimate of drug-likeness (QED) is 0.585. The molecule has 0 aliphatic heterocycles. The van der Waals surface area contributed by atoms with Gasteiger partial charge < -0.3 is 5.73 Å². The first-order valence-electron chi connectivity index (χ1n) is 1.74. The van der Waals surface area contributed by atoms with Crippen LogP contribution in [0, 0.1) is 0 Å². The average molecular weight is 159 g/mol. The topological polar surface area (TPSA) is 72.5 Å². The Balaban J connectivity index is 0. The van der Waals surface area contributed by atoms with Gasteiger partial charge in [-0.1, -0.05) is 0 Å². The molecule has 0 saturated carbocycles. The summed E-state index contributed by atoms with van der Waals surface area (Å²) < 4.78 is 22.1. The highest BCUT2D eigenvalue weighted by molar-refractivity contribution is 7.61. The molecule has 0 fully saturated rings. The fourth-order valence-corrected chi connectivity index (χ4v) is 0.382. The van der Waals surface area contributed by atoms with Gasteiger partial charge in [-0.15, -0.1) is 12.4 Å². The van der Waals surface area contributed by atoms with Gasteiger partial charge >= 0.3 is 10.5 Å². The van der Waals surface area contributed by atoms with Crippen molar-refractivity contribution in [3.05, 3.63) is 0 Å². The maximum Gasteiger partial charge on any atom is 0.311 e. The third-order valence-electron chi connectivity index (χ3n) is 0.326. The van der Waals surface area contributed by atoms with Crippen LogP contribution in [0.5, 0.6) is 0 Å². The standard InChI is InChI=1S/C2H6N2O2S.ClH/c3-1-2-4-7(5)6;/h1-3H2;1H. The van der Waals surface area contributed by atoms with Crippen molar-refractivity contribution in [3.63, 3.8) is 0 Å². The van der Waals surface area contributed by atoms with Gasteiger partial charge in [0.1, 0.15) is 0 Å². The van der Waals surface area contributed by atoms with E-state index in [2.05, 4.69) is 4.36 Å². The molecule has 0 bridgehead atoms. The van der Waals surface area contributed by atoms with Gasteiger partial charge in [0.15, 0.2) is 0 Å². The van der Waals surface area contributed by atoms with Gasteiger partial charge in [-0.05, 0) is 0 Å². The van der Waals surface area contributed by atoms with Crippen molar-refractivity contribution >= 4 is 22.9 Å². The van der Waals surface area contributed by atoms with E-state index < -0.39 is 10.5 Å². The molecule has 0 aliphatic carbocycles. The second kappa shape index (κ2) is 6.87. The predicted molar refractivity (Wildman–Crippen MR) is 32.5 cm³/mol. The van der Waals surface area contributed by atoms with Crippen LogP contribution in [-0.2, 0) is 10.5 Å². The van der Waals surface area contributed by atoms with Gasteiger partial charge in [-0.25, -0.2) is 0 Å². The summed E-state index contributed by atoms with van der Waals surface area (Å²) in [4.78, 5) is 0. The molecule has 0 aliphatic rings. The molecule has 8 heavy (non-hydrogen) atoms. The maximum absolute atomic E-state index is 9.54. The number of nitrogens with two attached hydrogens (primary N) is 1. The molecule has 0 aromatic carbocycles. The van der Waals surface area contributed by atoms with Crippen molar-refractivity contribution in [1.82, 2.24) is 0 Å². The lowest BCUT2D eigenvalue weighted by atomic mass is 10.7. The summed E-state index contributed by atoms with van der Waals surface area (Å²) in [5.74, 6) is 0. The van der Waals surface area contributed by atoms with Crippen molar-refractivity contribution in [2.75, 3.05) is 13.1 Å². The number of hydrogen-bond acceptors (Lipinski definition) is 4. The summed E-state index contributed by atoms with van der Waals surface area (Å²) in [5, 5.41) is 0. The molecular weight excluding hydrogens is 152 g/mol. The molecule has 4 nitrogen and oxygen atoms in total. The first kappa shape index (κ1) is 10.8. The van der Waals surface area contributed by atoms with Gasteiger partial charge in [0.2, 0.25) is 0 Å². The third kappa shape index (κ3) is 9.30. The predicted octanol–water partition coefficient (Wildman–Crippen LogP) is -0.570. The zero-order valence-electron chi connectivity index (χ0n) is 4.07. The fourth-order valence-electron chi connectivity index (χ4n) is 0.127. The molecule has 50 valence electrons. The van der Waals surface area contributed by atoms with Crippen molar-refractivity contribution in [2.45, 2.75) is 0 Å². The van der Waals surface area contributed by atoms with Crippen molar-refractivity contribution in [3.8, 4) is 0 Å². The van der Waals surface area contributed by atoms with Gasteiger partial charge in [0, 0.05) is 6.54 Å². The molecular formula is C2H7ClN2O2S. The molecule has 0 radical (unpaired) electrons. The highest BCUT2D eigenvalue weighted by Crippen LogP contribution is 1.59. The molecule has 0 atom stereocenters. The molecule has 0 unspecified atom stereocenters. The largest absolute Gasteiger partial charge is 0.329 e. The first-order chi connectivity index (χ1) is 3.27. The summed E-state index contributed by atoms with van der Waals surface area (Å²) >= 11 is 0. The minimum atomic E-state index is -2.27. The Morgan fingerprint density at radius 3 is 2.12 bits per heavy atom. The second-order valence-corrected chi connectivity index (χ2v) is 1.55. The third-order valence-corrected chi connectivity index (χ3v) is 0.719. The van der Waals surface area contributed by atoms with Crippen molar-refractivity contribution in [1.29, 1.82) is 0 Å². The molecule has 2 N–H and O–H groups in total. The second-order valence-electron chi connectivity index (χ2n) is 0.858. The van der Waals surface area contributed by atoms with E-state index >= 15 is 0 Å². The Labute approximate surface area is 55.2 Å². The van der Waals surface area contributed by atoms with Crippen LogP contribution in [0.1, 0.15) is 0 Å². The van der Waals surface area contributed by atoms with E-state index in [-0.39, 0.29) is 25.5 Å². The molecule has 0 spiro atoms. The van der Waals surface area contributed by atoms with Crippen LogP contribution >= 0.6 is 12.4 Å². The SMILES string of the molecule is Cl.NCCN=S(=O)=O. The highest BCUT2D eigenvalue weighted by atomic mass is 35.5. The molecule has 0 aromatic rings. The number of halogens is 1. The van der Waals surface area contributed by atoms with E-state index in [0.29, 0.717) is 0 Å². The summed E-state index contributed by atoms with van der Waals surface area (Å²) in [5.41, 5.74) is 4.91. The minimum Gasteiger partial charge on any atom is -0.329 e. The zero-order chi connectivity index (χ0) is 5.70. The van der Waals surface area contributed by atoms with Crippen LogP contribution in [0.4, 0.5) is 0 Å². The van der Waals surface area contributed by atoms with E-state index in [1.807, 2.05) is 0 Å². The van der Waals surface area contributed by atoms with Crippen molar-refractivity contribution in [2.24, 2.45) is 10.1 Å². The van der Waals surface area contributed by atoms with Crippen LogP contribution in [-0.4, -0.2) is 21.5 Å². The Hall–Kier alpha value is -0.130. The zero-order valence-corrected chi connectivity index (χ0v) is 5.70. The fraction of sp³-hybridized carbons (Fsp3) is 1.00. The van der Waals surface area contributed by atoms with E-state index in [4.69, 9.17) is 5.73 Å². The average Bonchev–Trinajstić information content (AvgIpc) is 1.61. The molecule has 0 heterocycles. The number of hydrogen-bond donors (Lipinski definition) is 1. The Morgan fingerprint density at radius 2 is 2.00 bits per heavy atom. The van der Waals surface area contributed by atoms with E-state index in [1.54, 1.807) is 0 Å². The molecule has 0 amide bonds. The lowest BCUT2D eigenvalue weighted by Crippen LogP contribution is -2.01. The van der Waals surface area contributed by atoms with Crippen molar-refractivity contribution < 1.29 is 8.42 Å². The van der Waals surface area contributed by atoms with Gasteiger partial charge in [-0.2, -0.15) is 12.8 Å². The number of rotatable bonds is 2. The van der Waals surface area contributed by atoms with Crippen LogP contribution in [0.2, 0.25) is 0 Å². The van der Waals surface area contributed by atoms with E-state index in [1.165, 1.54) is 0 Å². The highest BCUT2D eigenvalue weighted by Gasteiger charge is 1.70. The molecule has 0 saturated heterocycles. The smallest absolute Gasteiger partial charge is 0.311 e. The van der Waals surface area contributed by atoms with Gasteiger partial charge in [-0.3, -0.25) is 0 Å². The Morgan fingerprint density at radius 1 is 1.50 bits per heavy atom. The van der Waals surface area contributed by atoms with Gasteiger partial charge in [0.25, 0.3) is 0 Å². The monoisotopic (exact) mass is 158 g/mol. The molecule has 6 heteroatoms. The van der Waals surface area contributed by atoms with E-state index in [0.717, 1.165) is 0 Å². The lowest BCUT2D eigenvalue weighted by Gasteiger charge is -1.73. The first-order valence-corrected chi connectivity index (χ1v) is 2.77. The van der Waals surface area contributed by atoms with Crippen LogP contribution < -0.4 is 5.73 Å². The van der Waals surface area contributed by atoms with E-state index in [9.17, 15) is 8.42 Å². The summed E-state index contributed by atoms with van der Waals surface area (Å²) in [6.07, 6.45) is 0. The van der Waals surface area contributed by atoms with Gasteiger partial charge in [0.05, 0.1) is 6.54 Å². The lowest BCUT2D eigenvalue weighted by molar-refractivity contribution is 0.620. The maximum atomic E-state index is 9.54. The summed E-state index contributed by atoms with van der Waals surface area (Å²) in [6.45, 7) is 0.476. The number of nitrogens with zero attached hydrogens (tertiary/aromatic N) is 1. The molecule has 0 rings (SSSR count). The van der Waals surface area contributed by atoms with Crippen LogP contribution in [0.25, 0.3) is 0 Å². The summed E-state index contributed by atoms with van der Waals surface area (Å²) in [6, 6.07) is 0. The normalized spacial score (nSPS) is 7.12.